The van der Waals surface area contributed by atoms with E-state index in [9.17, 15) is 19.2 Å². The molecule has 9 heteroatoms. The molecule has 8 rings (SSSR count). The largest absolute Gasteiger partial charge is 0.274 e. The van der Waals surface area contributed by atoms with Gasteiger partial charge in [0.05, 0.1) is 11.8 Å². The fourth-order valence-electron chi connectivity index (χ4n) is 7.00. The van der Waals surface area contributed by atoms with Gasteiger partial charge in [0.1, 0.15) is 15.8 Å². The molecule has 0 unspecified atom stereocenters. The Morgan fingerprint density at radius 3 is 1.53 bits per heavy atom. The van der Waals surface area contributed by atoms with E-state index in [1.165, 1.54) is 0 Å². The van der Waals surface area contributed by atoms with E-state index in [-0.39, 0.29) is 6.42 Å². The Kier molecular flexibility index (Phi) is 6.41. The van der Waals surface area contributed by atoms with Crippen LogP contribution in [0.25, 0.3) is 0 Å². The molecule has 4 aliphatic rings. The van der Waals surface area contributed by atoms with Crippen LogP contribution < -0.4 is 10.9 Å². The minimum absolute atomic E-state index is 0.0231. The van der Waals surface area contributed by atoms with Crippen LogP contribution in [0.15, 0.2) is 109 Å². The summed E-state index contributed by atoms with van der Waals surface area (Å²) in [6.45, 7) is 0. The monoisotopic (exact) mass is 609 g/mol. The Hall–Kier alpha value is -4.46. The molecule has 1 fully saturated rings. The number of rotatable bonds is 5. The number of alkyl halides is 2. The van der Waals surface area contributed by atoms with Crippen LogP contribution in [-0.4, -0.2) is 34.6 Å². The van der Waals surface area contributed by atoms with Gasteiger partial charge in [0.15, 0.2) is 0 Å². The van der Waals surface area contributed by atoms with Crippen LogP contribution in [0.4, 0.5) is 0 Å². The summed E-state index contributed by atoms with van der Waals surface area (Å²) in [5, 5.41) is 0. The van der Waals surface area contributed by atoms with Crippen LogP contribution in [-0.2, 0) is 30.6 Å². The van der Waals surface area contributed by atoms with E-state index in [0.29, 0.717) is 27.8 Å². The second-order valence-electron chi connectivity index (χ2n) is 11.0. The summed E-state index contributed by atoms with van der Waals surface area (Å²) in [5.74, 6) is -4.51. The Morgan fingerprint density at radius 1 is 0.651 bits per heavy atom. The molecule has 43 heavy (non-hydrogen) atoms. The maximum Gasteiger partial charge on any atom is 0.269 e. The molecule has 1 heterocycles. The second kappa shape index (κ2) is 10.1. The predicted molar refractivity (Wildman–Crippen MR) is 161 cm³/mol. The number of nitrogens with zero attached hydrogens (tertiary/aromatic N) is 1. The van der Waals surface area contributed by atoms with E-state index in [0.717, 1.165) is 10.5 Å². The molecule has 0 saturated carbocycles. The first-order valence-electron chi connectivity index (χ1n) is 13.9. The Morgan fingerprint density at radius 2 is 1.07 bits per heavy atom. The third kappa shape index (κ3) is 3.88. The number of halogens is 2. The number of amides is 4. The van der Waals surface area contributed by atoms with E-state index in [1.807, 2.05) is 78.9 Å². The van der Waals surface area contributed by atoms with Gasteiger partial charge < -0.3 is 0 Å². The SMILES string of the molecule is O=C(NNC(=O)[C@H](Cc1ccccc1)N1C(=O)[C@@H]2[C@H](C1=O)C1(Cl)c3ccccc3C2(Cl)c2ccccc21)c1ccccc1. The first-order chi connectivity index (χ1) is 20.8. The molecular formula is C34H25Cl2N3O4. The number of nitrogens with one attached hydrogen (secondary N) is 2. The Bertz CT molecular complexity index is 1670. The number of carbonyl (C=O) groups is 4. The van der Waals surface area contributed by atoms with Gasteiger partial charge in [-0.3, -0.25) is 34.9 Å². The van der Waals surface area contributed by atoms with Crippen molar-refractivity contribution in [2.75, 3.05) is 0 Å². The summed E-state index contributed by atoms with van der Waals surface area (Å²) in [7, 11) is 0. The molecule has 0 radical (unpaired) electrons. The quantitative estimate of drug-likeness (QED) is 0.196. The molecule has 1 aliphatic heterocycles. The molecular weight excluding hydrogens is 585 g/mol. The fraction of sp³-hybridized carbons (Fsp3) is 0.176. The Balaban J connectivity index is 1.30. The molecule has 4 amide bonds. The van der Waals surface area contributed by atoms with Gasteiger partial charge in [0, 0.05) is 12.0 Å². The fourth-order valence-corrected chi connectivity index (χ4v) is 8.10. The maximum atomic E-state index is 14.5. The van der Waals surface area contributed by atoms with E-state index >= 15 is 0 Å². The number of carbonyl (C=O) groups excluding carboxylic acids is 4. The number of likely N-dealkylation sites (tertiary alicyclic amines) is 1. The number of hydrogen-bond acceptors (Lipinski definition) is 4. The number of benzene rings is 4. The lowest BCUT2D eigenvalue weighted by Gasteiger charge is -2.54. The van der Waals surface area contributed by atoms with E-state index < -0.39 is 51.3 Å². The molecule has 4 aromatic carbocycles. The molecule has 7 nitrogen and oxygen atoms in total. The van der Waals surface area contributed by atoms with Gasteiger partial charge in [-0.2, -0.15) is 0 Å². The standard InChI is InChI=1S/C34H25Cl2N3O4/c35-33-22-15-7-8-16-23(22)34(36,25-18-10-9-17-24(25)33)28-27(33)31(42)39(32(28)43)26(19-20-11-3-1-4-12-20)30(41)38-37-29(40)21-13-5-2-6-14-21/h1-18,26-28H,19H2,(H,37,40)(H,38,41)/t26-,27-,28+,33?,34?/m0/s1. The minimum Gasteiger partial charge on any atom is -0.274 e. The molecule has 2 bridgehead atoms. The first kappa shape index (κ1) is 27.4. The zero-order chi connectivity index (χ0) is 29.9. The van der Waals surface area contributed by atoms with Crippen molar-refractivity contribution in [1.82, 2.24) is 15.8 Å². The van der Waals surface area contributed by atoms with E-state index in [1.54, 1.807) is 30.3 Å². The second-order valence-corrected chi connectivity index (χ2v) is 12.2. The van der Waals surface area contributed by atoms with Gasteiger partial charge in [0.2, 0.25) is 11.8 Å². The summed E-state index contributed by atoms with van der Waals surface area (Å²) in [4.78, 5) is 53.8. The van der Waals surface area contributed by atoms with Gasteiger partial charge in [0.25, 0.3) is 11.8 Å². The van der Waals surface area contributed by atoms with Gasteiger partial charge in [-0.1, -0.05) is 97.1 Å². The number of hydrazine groups is 1. The predicted octanol–water partition coefficient (Wildman–Crippen LogP) is 4.65. The molecule has 4 aromatic rings. The molecule has 0 spiro atoms. The van der Waals surface area contributed by atoms with Crippen LogP contribution in [0.1, 0.15) is 38.2 Å². The highest BCUT2D eigenvalue weighted by Crippen LogP contribution is 2.69. The lowest BCUT2D eigenvalue weighted by Crippen LogP contribution is -2.57. The van der Waals surface area contributed by atoms with Gasteiger partial charge >= 0.3 is 0 Å². The van der Waals surface area contributed by atoms with Crippen molar-refractivity contribution < 1.29 is 19.2 Å². The Labute approximate surface area is 257 Å². The van der Waals surface area contributed by atoms with Gasteiger partial charge in [-0.25, -0.2) is 0 Å². The van der Waals surface area contributed by atoms with Crippen molar-refractivity contribution in [3.8, 4) is 0 Å². The van der Waals surface area contributed by atoms with Crippen LogP contribution in [0.2, 0.25) is 0 Å². The highest BCUT2D eigenvalue weighted by Gasteiger charge is 2.73. The zero-order valence-corrected chi connectivity index (χ0v) is 24.2. The van der Waals surface area contributed by atoms with Crippen LogP contribution in [0.3, 0.4) is 0 Å². The van der Waals surface area contributed by atoms with E-state index in [2.05, 4.69) is 10.9 Å². The highest BCUT2D eigenvalue weighted by molar-refractivity contribution is 6.36. The van der Waals surface area contributed by atoms with Gasteiger partial charge in [-0.05, 0) is 39.9 Å². The van der Waals surface area contributed by atoms with Crippen LogP contribution in [0, 0.1) is 11.8 Å². The average molecular weight is 610 g/mol. The minimum atomic E-state index is -1.37. The normalized spacial score (nSPS) is 25.4. The third-order valence-corrected chi connectivity index (χ3v) is 10.1. The van der Waals surface area contributed by atoms with Crippen molar-refractivity contribution in [3.05, 3.63) is 143 Å². The van der Waals surface area contributed by atoms with Crippen molar-refractivity contribution in [2.24, 2.45) is 11.8 Å². The molecule has 0 aromatic heterocycles. The maximum absolute atomic E-state index is 14.5. The summed E-state index contributed by atoms with van der Waals surface area (Å²) < 4.78 is 0. The molecule has 1 saturated heterocycles. The smallest absolute Gasteiger partial charge is 0.269 e. The summed E-state index contributed by atoms with van der Waals surface area (Å²) >= 11 is 15.1. The lowest BCUT2D eigenvalue weighted by atomic mass is 9.54. The van der Waals surface area contributed by atoms with E-state index in [4.69, 9.17) is 23.2 Å². The summed E-state index contributed by atoms with van der Waals surface area (Å²) in [6, 6.07) is 30.9. The average Bonchev–Trinajstić information content (AvgIpc) is 3.32. The first-order valence-corrected chi connectivity index (χ1v) is 14.7. The van der Waals surface area contributed by atoms with Gasteiger partial charge in [-0.15, -0.1) is 23.2 Å². The molecule has 3 atom stereocenters. The van der Waals surface area contributed by atoms with Crippen molar-refractivity contribution in [1.29, 1.82) is 0 Å². The highest BCUT2D eigenvalue weighted by atomic mass is 35.5. The van der Waals surface area contributed by atoms with Crippen LogP contribution in [0.5, 0.6) is 0 Å². The number of hydrogen-bond donors (Lipinski definition) is 2. The summed E-state index contributed by atoms with van der Waals surface area (Å²) in [5.41, 5.74) is 8.62. The van der Waals surface area contributed by atoms with Crippen molar-refractivity contribution in [2.45, 2.75) is 22.2 Å². The van der Waals surface area contributed by atoms with Crippen molar-refractivity contribution >= 4 is 46.8 Å². The third-order valence-electron chi connectivity index (χ3n) is 8.84. The van der Waals surface area contributed by atoms with Crippen molar-refractivity contribution in [3.63, 3.8) is 0 Å². The zero-order valence-electron chi connectivity index (χ0n) is 22.7. The molecule has 3 aliphatic carbocycles. The number of imide groups is 1. The topological polar surface area (TPSA) is 95.6 Å². The summed E-state index contributed by atoms with van der Waals surface area (Å²) in [6.07, 6.45) is 0.0231. The van der Waals surface area contributed by atoms with Crippen LogP contribution >= 0.6 is 23.2 Å². The molecule has 214 valence electrons. The lowest BCUT2D eigenvalue weighted by molar-refractivity contribution is -0.148. The molecule has 2 N–H and O–H groups in total.